The molecule has 4 nitrogen and oxygen atoms in total. The van der Waals surface area contributed by atoms with E-state index >= 15 is 0 Å². The zero-order valence-corrected chi connectivity index (χ0v) is 14.3. The third-order valence-corrected chi connectivity index (χ3v) is 6.01. The van der Waals surface area contributed by atoms with Crippen LogP contribution in [0, 0.1) is 5.92 Å². The number of nitrogens with zero attached hydrogens (tertiary/aromatic N) is 2. The molecule has 4 heteroatoms. The van der Waals surface area contributed by atoms with E-state index in [1.165, 1.54) is 25.9 Å². The zero-order chi connectivity index (χ0) is 15.4. The number of hydrogen-bond acceptors (Lipinski definition) is 4. The van der Waals surface area contributed by atoms with Gasteiger partial charge in [0.15, 0.2) is 0 Å². The summed E-state index contributed by atoms with van der Waals surface area (Å²) in [6, 6.07) is 1.31. The van der Waals surface area contributed by atoms with Crippen LogP contribution in [0.3, 0.4) is 0 Å². The standard InChI is InChI=1S/C17H32N2O2/c1-12-9-18-8-6-7-13(18)10-19(12)11-14-15(20)17(4,5)21-16(14,2)3/h12-15,20H,6-11H2,1-5H3. The van der Waals surface area contributed by atoms with Gasteiger partial charge in [-0.05, 0) is 54.0 Å². The van der Waals surface area contributed by atoms with Crippen LogP contribution >= 0.6 is 0 Å². The van der Waals surface area contributed by atoms with Gasteiger partial charge in [-0.25, -0.2) is 0 Å². The maximum Gasteiger partial charge on any atom is 0.0896 e. The fraction of sp³-hybridized carbons (Fsp3) is 1.00. The molecule has 0 radical (unpaired) electrons. The Labute approximate surface area is 129 Å². The summed E-state index contributed by atoms with van der Waals surface area (Å²) in [7, 11) is 0. The Hall–Kier alpha value is -0.160. The summed E-state index contributed by atoms with van der Waals surface area (Å²) in [5.74, 6) is 0.183. The molecule has 3 aliphatic rings. The highest BCUT2D eigenvalue weighted by atomic mass is 16.5. The third-order valence-electron chi connectivity index (χ3n) is 6.01. The van der Waals surface area contributed by atoms with Crippen LogP contribution in [-0.4, -0.2) is 70.5 Å². The number of aliphatic hydroxyl groups is 1. The van der Waals surface area contributed by atoms with Gasteiger partial charge in [0, 0.05) is 37.6 Å². The highest BCUT2D eigenvalue weighted by molar-refractivity contribution is 5.03. The molecular weight excluding hydrogens is 264 g/mol. The van der Waals surface area contributed by atoms with Crippen molar-refractivity contribution >= 4 is 0 Å². The van der Waals surface area contributed by atoms with Gasteiger partial charge in [-0.2, -0.15) is 0 Å². The van der Waals surface area contributed by atoms with Gasteiger partial charge in [0.05, 0.1) is 17.3 Å². The minimum Gasteiger partial charge on any atom is -0.390 e. The monoisotopic (exact) mass is 296 g/mol. The summed E-state index contributed by atoms with van der Waals surface area (Å²) in [4.78, 5) is 5.24. The number of hydrogen-bond donors (Lipinski definition) is 1. The smallest absolute Gasteiger partial charge is 0.0896 e. The second kappa shape index (κ2) is 5.19. The Bertz CT molecular complexity index is 396. The van der Waals surface area contributed by atoms with E-state index in [1.54, 1.807) is 0 Å². The van der Waals surface area contributed by atoms with Crippen LogP contribution in [-0.2, 0) is 4.74 Å². The second-order valence-corrected chi connectivity index (χ2v) is 8.45. The van der Waals surface area contributed by atoms with E-state index in [-0.39, 0.29) is 17.6 Å². The SMILES string of the molecule is CC1CN2CCCC2CN1CC1C(O)C(C)(C)OC1(C)C. The summed E-state index contributed by atoms with van der Waals surface area (Å²) in [6.45, 7) is 15.2. The molecule has 1 N–H and O–H groups in total. The Morgan fingerprint density at radius 1 is 1.14 bits per heavy atom. The van der Waals surface area contributed by atoms with Crippen molar-refractivity contribution in [2.75, 3.05) is 26.2 Å². The Balaban J connectivity index is 1.70. The first-order valence-corrected chi connectivity index (χ1v) is 8.57. The van der Waals surface area contributed by atoms with Gasteiger partial charge in [-0.3, -0.25) is 9.80 Å². The molecule has 4 unspecified atom stereocenters. The average Bonchev–Trinajstić information content (AvgIpc) is 2.85. The van der Waals surface area contributed by atoms with Gasteiger partial charge in [0.1, 0.15) is 0 Å². The third kappa shape index (κ3) is 2.76. The van der Waals surface area contributed by atoms with Crippen molar-refractivity contribution in [3.05, 3.63) is 0 Å². The van der Waals surface area contributed by atoms with Gasteiger partial charge >= 0.3 is 0 Å². The molecule has 122 valence electrons. The first kappa shape index (κ1) is 15.7. The van der Waals surface area contributed by atoms with Crippen molar-refractivity contribution in [1.29, 1.82) is 0 Å². The summed E-state index contributed by atoms with van der Waals surface area (Å²) in [5.41, 5.74) is -0.692. The van der Waals surface area contributed by atoms with E-state index in [4.69, 9.17) is 4.74 Å². The molecule has 0 aromatic carbocycles. The summed E-state index contributed by atoms with van der Waals surface area (Å²) >= 11 is 0. The Morgan fingerprint density at radius 2 is 1.86 bits per heavy atom. The number of piperazine rings is 1. The van der Waals surface area contributed by atoms with Gasteiger partial charge in [0.2, 0.25) is 0 Å². The lowest BCUT2D eigenvalue weighted by Crippen LogP contribution is -2.57. The fourth-order valence-corrected chi connectivity index (χ4v) is 4.75. The predicted octanol–water partition coefficient (Wildman–Crippen LogP) is 1.72. The van der Waals surface area contributed by atoms with Crippen LogP contribution in [0.25, 0.3) is 0 Å². The normalized spacial score (nSPS) is 43.1. The zero-order valence-electron chi connectivity index (χ0n) is 14.3. The van der Waals surface area contributed by atoms with E-state index in [0.29, 0.717) is 6.04 Å². The molecule has 3 saturated heterocycles. The molecule has 3 aliphatic heterocycles. The van der Waals surface area contributed by atoms with E-state index < -0.39 is 5.60 Å². The van der Waals surface area contributed by atoms with Gasteiger partial charge in [-0.15, -0.1) is 0 Å². The second-order valence-electron chi connectivity index (χ2n) is 8.45. The Morgan fingerprint density at radius 3 is 2.48 bits per heavy atom. The highest BCUT2D eigenvalue weighted by Crippen LogP contribution is 2.43. The van der Waals surface area contributed by atoms with Crippen molar-refractivity contribution in [2.24, 2.45) is 5.92 Å². The summed E-state index contributed by atoms with van der Waals surface area (Å²) in [6.07, 6.45) is 2.29. The number of rotatable bonds is 2. The van der Waals surface area contributed by atoms with Gasteiger partial charge in [0.25, 0.3) is 0 Å². The molecule has 3 rings (SSSR count). The van der Waals surface area contributed by atoms with Gasteiger partial charge < -0.3 is 9.84 Å². The van der Waals surface area contributed by atoms with Crippen molar-refractivity contribution < 1.29 is 9.84 Å². The van der Waals surface area contributed by atoms with Crippen LogP contribution in [0.4, 0.5) is 0 Å². The molecule has 4 atom stereocenters. The van der Waals surface area contributed by atoms with Crippen LogP contribution in [0.1, 0.15) is 47.5 Å². The highest BCUT2D eigenvalue weighted by Gasteiger charge is 2.54. The van der Waals surface area contributed by atoms with Crippen molar-refractivity contribution in [1.82, 2.24) is 9.80 Å². The van der Waals surface area contributed by atoms with Crippen molar-refractivity contribution in [3.8, 4) is 0 Å². The molecule has 0 aromatic heterocycles. The lowest BCUT2D eigenvalue weighted by molar-refractivity contribution is -0.0919. The van der Waals surface area contributed by atoms with Crippen molar-refractivity contribution in [2.45, 2.75) is 76.9 Å². The van der Waals surface area contributed by atoms with Crippen LogP contribution in [0.5, 0.6) is 0 Å². The van der Waals surface area contributed by atoms with Crippen LogP contribution in [0.15, 0.2) is 0 Å². The number of aliphatic hydroxyl groups excluding tert-OH is 1. The molecule has 0 amide bonds. The van der Waals surface area contributed by atoms with Crippen LogP contribution < -0.4 is 0 Å². The first-order valence-electron chi connectivity index (χ1n) is 8.57. The fourth-order valence-electron chi connectivity index (χ4n) is 4.75. The molecule has 0 aliphatic carbocycles. The van der Waals surface area contributed by atoms with E-state index in [2.05, 4.69) is 30.6 Å². The quantitative estimate of drug-likeness (QED) is 0.842. The van der Waals surface area contributed by atoms with Crippen molar-refractivity contribution in [3.63, 3.8) is 0 Å². The molecule has 0 saturated carbocycles. The molecule has 0 aromatic rings. The largest absolute Gasteiger partial charge is 0.390 e. The molecule has 3 heterocycles. The molecule has 0 bridgehead atoms. The number of ether oxygens (including phenoxy) is 1. The minimum atomic E-state index is -0.438. The summed E-state index contributed by atoms with van der Waals surface area (Å²) in [5, 5.41) is 10.7. The maximum absolute atomic E-state index is 10.7. The predicted molar refractivity (Wildman–Crippen MR) is 84.4 cm³/mol. The lowest BCUT2D eigenvalue weighted by atomic mass is 9.83. The molecular formula is C17H32N2O2. The minimum absolute atomic E-state index is 0.183. The molecule has 3 fully saturated rings. The van der Waals surface area contributed by atoms with E-state index in [9.17, 15) is 5.11 Å². The number of fused-ring (bicyclic) bond motifs is 1. The first-order chi connectivity index (χ1) is 9.71. The molecule has 21 heavy (non-hydrogen) atoms. The van der Waals surface area contributed by atoms with E-state index in [1.807, 2.05) is 13.8 Å². The van der Waals surface area contributed by atoms with E-state index in [0.717, 1.165) is 19.1 Å². The maximum atomic E-state index is 10.7. The topological polar surface area (TPSA) is 35.9 Å². The van der Waals surface area contributed by atoms with Crippen LogP contribution in [0.2, 0.25) is 0 Å². The Kier molecular flexibility index (Phi) is 3.89. The average molecular weight is 296 g/mol. The van der Waals surface area contributed by atoms with Gasteiger partial charge in [-0.1, -0.05) is 0 Å². The summed E-state index contributed by atoms with van der Waals surface area (Å²) < 4.78 is 6.14. The molecule has 0 spiro atoms. The lowest BCUT2D eigenvalue weighted by Gasteiger charge is -2.44.